The van der Waals surface area contributed by atoms with E-state index in [-0.39, 0.29) is 10.8 Å². The molecule has 3 aromatic carbocycles. The first-order valence-electron chi connectivity index (χ1n) is 11.4. The van der Waals surface area contributed by atoms with E-state index in [9.17, 15) is 13.2 Å². The summed E-state index contributed by atoms with van der Waals surface area (Å²) in [5, 5.41) is 3.79. The number of anilines is 1. The third-order valence-corrected chi connectivity index (χ3v) is 8.96. The van der Waals surface area contributed by atoms with Crippen molar-refractivity contribution in [3.8, 4) is 10.6 Å². The van der Waals surface area contributed by atoms with Crippen LogP contribution in [0.1, 0.15) is 36.0 Å². The number of amides is 1. The van der Waals surface area contributed by atoms with Crippen LogP contribution >= 0.6 is 11.3 Å². The van der Waals surface area contributed by atoms with Crippen LogP contribution in [0, 0.1) is 0 Å². The Kier molecular flexibility index (Phi) is 6.45. The molecule has 174 valence electrons. The minimum absolute atomic E-state index is 0.160. The molecule has 2 heterocycles. The number of carbonyl (C=O) groups excluding carboxylic acids is 1. The van der Waals surface area contributed by atoms with Gasteiger partial charge in [-0.25, -0.2) is 13.4 Å². The van der Waals surface area contributed by atoms with Crippen LogP contribution in [0.25, 0.3) is 20.8 Å². The number of hydrogen-bond donors (Lipinski definition) is 1. The maximum atomic E-state index is 13.1. The van der Waals surface area contributed by atoms with Gasteiger partial charge in [-0.15, -0.1) is 11.3 Å². The quantitative estimate of drug-likeness (QED) is 0.384. The zero-order valence-electron chi connectivity index (χ0n) is 18.6. The first-order chi connectivity index (χ1) is 16.5. The molecule has 1 aliphatic heterocycles. The van der Waals surface area contributed by atoms with Gasteiger partial charge in [0, 0.05) is 29.9 Å². The van der Waals surface area contributed by atoms with Crippen LogP contribution in [0.15, 0.2) is 77.7 Å². The highest BCUT2D eigenvalue weighted by Gasteiger charge is 2.25. The Morgan fingerprint density at radius 3 is 2.35 bits per heavy atom. The van der Waals surface area contributed by atoms with Crippen LogP contribution < -0.4 is 5.32 Å². The number of nitrogens with one attached hydrogen (secondary N) is 1. The average Bonchev–Trinajstić information content (AvgIpc) is 3.09. The van der Waals surface area contributed by atoms with Gasteiger partial charge in [0.1, 0.15) is 5.01 Å². The van der Waals surface area contributed by atoms with Gasteiger partial charge in [0.25, 0.3) is 5.91 Å². The molecule has 0 atom stereocenters. The van der Waals surface area contributed by atoms with E-state index in [0.717, 1.165) is 46.5 Å². The standard InChI is InChI=1S/C26H25N3O3S2/c30-25(20-8-7-9-22(18-20)34(31,32)29-16-5-1-2-6-17-29)27-21-14-12-19(13-15-21)26-28-23-10-3-4-11-24(23)33-26/h3-4,7-15,18H,1-2,5-6,16-17H2,(H,27,30). The second kappa shape index (κ2) is 9.66. The number of para-hydroxylation sites is 1. The highest BCUT2D eigenvalue weighted by Crippen LogP contribution is 2.30. The van der Waals surface area contributed by atoms with Crippen LogP contribution in [-0.4, -0.2) is 36.7 Å². The molecule has 1 aliphatic rings. The molecule has 1 aromatic heterocycles. The molecule has 6 nitrogen and oxygen atoms in total. The second-order valence-corrected chi connectivity index (χ2v) is 11.3. The highest BCUT2D eigenvalue weighted by molar-refractivity contribution is 7.89. The van der Waals surface area contributed by atoms with Gasteiger partial charge in [0.15, 0.2) is 0 Å². The molecule has 0 unspecified atom stereocenters. The molecule has 0 saturated carbocycles. The maximum Gasteiger partial charge on any atom is 0.255 e. The van der Waals surface area contributed by atoms with Gasteiger partial charge in [-0.3, -0.25) is 4.79 Å². The molecular formula is C26H25N3O3S2. The van der Waals surface area contributed by atoms with Gasteiger partial charge in [-0.05, 0) is 67.4 Å². The zero-order chi connectivity index (χ0) is 23.5. The molecule has 1 amide bonds. The summed E-state index contributed by atoms with van der Waals surface area (Å²) < 4.78 is 28.9. The van der Waals surface area contributed by atoms with Crippen LogP contribution in [0.5, 0.6) is 0 Å². The van der Waals surface area contributed by atoms with Crippen molar-refractivity contribution in [2.24, 2.45) is 0 Å². The molecule has 0 radical (unpaired) electrons. The summed E-state index contributed by atoms with van der Waals surface area (Å²) >= 11 is 1.62. The normalized spacial score (nSPS) is 15.2. The molecule has 4 aromatic rings. The number of fused-ring (bicyclic) bond motifs is 1. The lowest BCUT2D eigenvalue weighted by molar-refractivity contribution is 0.102. The number of sulfonamides is 1. The Morgan fingerprint density at radius 1 is 0.882 bits per heavy atom. The van der Waals surface area contributed by atoms with Gasteiger partial charge >= 0.3 is 0 Å². The number of hydrogen-bond acceptors (Lipinski definition) is 5. The smallest absolute Gasteiger partial charge is 0.255 e. The van der Waals surface area contributed by atoms with Crippen molar-refractivity contribution in [1.82, 2.24) is 9.29 Å². The van der Waals surface area contributed by atoms with Crippen molar-refractivity contribution < 1.29 is 13.2 Å². The minimum Gasteiger partial charge on any atom is -0.322 e. The number of rotatable bonds is 5. The Hall–Kier alpha value is -3.07. The molecule has 1 fully saturated rings. The average molecular weight is 492 g/mol. The van der Waals surface area contributed by atoms with Crippen molar-refractivity contribution in [1.29, 1.82) is 0 Å². The zero-order valence-corrected chi connectivity index (χ0v) is 20.2. The van der Waals surface area contributed by atoms with Crippen molar-refractivity contribution in [2.45, 2.75) is 30.6 Å². The van der Waals surface area contributed by atoms with Crippen LogP contribution in [-0.2, 0) is 10.0 Å². The summed E-state index contributed by atoms with van der Waals surface area (Å²) in [5.74, 6) is -0.347. The Labute approximate surface area is 203 Å². The highest BCUT2D eigenvalue weighted by atomic mass is 32.2. The van der Waals surface area contributed by atoms with E-state index in [1.54, 1.807) is 29.5 Å². The van der Waals surface area contributed by atoms with E-state index in [2.05, 4.69) is 10.3 Å². The van der Waals surface area contributed by atoms with E-state index in [1.807, 2.05) is 48.5 Å². The molecule has 0 aliphatic carbocycles. The summed E-state index contributed by atoms with van der Waals surface area (Å²) in [6.07, 6.45) is 3.83. The topological polar surface area (TPSA) is 79.4 Å². The molecule has 5 rings (SSSR count). The largest absolute Gasteiger partial charge is 0.322 e. The Bertz CT molecular complexity index is 1390. The number of carbonyl (C=O) groups is 1. The third-order valence-electron chi connectivity index (χ3n) is 5.98. The van der Waals surface area contributed by atoms with Gasteiger partial charge in [-0.1, -0.05) is 31.0 Å². The number of thiazole rings is 1. The van der Waals surface area contributed by atoms with E-state index < -0.39 is 10.0 Å². The summed E-state index contributed by atoms with van der Waals surface area (Å²) in [4.78, 5) is 17.7. The van der Waals surface area contributed by atoms with E-state index in [4.69, 9.17) is 0 Å². The lowest BCUT2D eigenvalue weighted by atomic mass is 10.2. The fraction of sp³-hybridized carbons (Fsp3) is 0.231. The van der Waals surface area contributed by atoms with Crippen LogP contribution in [0.4, 0.5) is 5.69 Å². The van der Waals surface area contributed by atoms with E-state index in [0.29, 0.717) is 24.3 Å². The molecule has 0 bridgehead atoms. The van der Waals surface area contributed by atoms with Crippen LogP contribution in [0.3, 0.4) is 0 Å². The minimum atomic E-state index is -3.61. The lowest BCUT2D eigenvalue weighted by Crippen LogP contribution is -2.32. The van der Waals surface area contributed by atoms with Crippen LogP contribution in [0.2, 0.25) is 0 Å². The number of aromatic nitrogens is 1. The molecular weight excluding hydrogens is 466 g/mol. The summed E-state index contributed by atoms with van der Waals surface area (Å²) in [5.41, 5.74) is 2.89. The maximum absolute atomic E-state index is 13.1. The molecule has 34 heavy (non-hydrogen) atoms. The predicted molar refractivity (Wildman–Crippen MR) is 137 cm³/mol. The van der Waals surface area contributed by atoms with E-state index in [1.165, 1.54) is 10.4 Å². The predicted octanol–water partition coefficient (Wildman–Crippen LogP) is 5.78. The van der Waals surface area contributed by atoms with Crippen molar-refractivity contribution in [2.75, 3.05) is 18.4 Å². The summed E-state index contributed by atoms with van der Waals surface area (Å²) in [6, 6.07) is 21.8. The number of benzene rings is 3. The van der Waals surface area contributed by atoms with Crippen molar-refractivity contribution in [3.63, 3.8) is 0 Å². The lowest BCUT2D eigenvalue weighted by Gasteiger charge is -2.20. The number of nitrogens with zero attached hydrogens (tertiary/aromatic N) is 2. The fourth-order valence-corrected chi connectivity index (χ4v) is 6.66. The molecule has 1 N–H and O–H groups in total. The molecule has 8 heteroatoms. The van der Waals surface area contributed by atoms with Gasteiger partial charge in [0.05, 0.1) is 15.1 Å². The Morgan fingerprint density at radius 2 is 1.62 bits per heavy atom. The Balaban J connectivity index is 1.31. The van der Waals surface area contributed by atoms with Crippen molar-refractivity contribution in [3.05, 3.63) is 78.4 Å². The summed E-state index contributed by atoms with van der Waals surface area (Å²) in [6.45, 7) is 1.06. The first kappa shape index (κ1) is 22.7. The monoisotopic (exact) mass is 491 g/mol. The van der Waals surface area contributed by atoms with Gasteiger partial charge < -0.3 is 5.32 Å². The first-order valence-corrected chi connectivity index (χ1v) is 13.6. The van der Waals surface area contributed by atoms with Crippen molar-refractivity contribution >= 4 is 43.2 Å². The third kappa shape index (κ3) is 4.75. The van der Waals surface area contributed by atoms with Gasteiger partial charge in [0.2, 0.25) is 10.0 Å². The summed E-state index contributed by atoms with van der Waals surface area (Å²) in [7, 11) is -3.61. The molecule has 0 spiro atoms. The SMILES string of the molecule is O=C(Nc1ccc(-c2nc3ccccc3s2)cc1)c1cccc(S(=O)(=O)N2CCCCCC2)c1. The van der Waals surface area contributed by atoms with E-state index >= 15 is 0 Å². The molecule has 1 saturated heterocycles. The second-order valence-electron chi connectivity index (χ2n) is 8.36. The fourth-order valence-electron chi connectivity index (χ4n) is 4.12. The van der Waals surface area contributed by atoms with Gasteiger partial charge in [-0.2, -0.15) is 4.31 Å².